The Labute approximate surface area is 153 Å². The van der Waals surface area contributed by atoms with Gasteiger partial charge in [0, 0.05) is 18.4 Å². The Morgan fingerprint density at radius 1 is 1.08 bits per heavy atom. The third-order valence-electron chi connectivity index (χ3n) is 3.91. The van der Waals surface area contributed by atoms with Crippen molar-refractivity contribution in [1.29, 1.82) is 0 Å². The number of pyridine rings is 1. The van der Waals surface area contributed by atoms with E-state index in [4.69, 9.17) is 9.15 Å². The van der Waals surface area contributed by atoms with Crippen LogP contribution < -0.4 is 5.32 Å². The zero-order valence-corrected chi connectivity index (χ0v) is 14.8. The smallest absolute Gasteiger partial charge is 0.224 e. The van der Waals surface area contributed by atoms with Crippen molar-refractivity contribution in [2.75, 3.05) is 0 Å². The summed E-state index contributed by atoms with van der Waals surface area (Å²) >= 11 is 0. The van der Waals surface area contributed by atoms with E-state index in [9.17, 15) is 4.79 Å². The van der Waals surface area contributed by atoms with E-state index in [2.05, 4.69) is 10.3 Å². The normalized spacial score (nSPS) is 10.7. The van der Waals surface area contributed by atoms with Crippen LogP contribution in [0, 0.1) is 6.92 Å². The average molecular weight is 350 g/mol. The number of hydrogen-bond acceptors (Lipinski definition) is 4. The average Bonchev–Trinajstić information content (AvgIpc) is 3.16. The summed E-state index contributed by atoms with van der Waals surface area (Å²) in [4.78, 5) is 16.3. The first-order chi connectivity index (χ1) is 12.7. The first-order valence-corrected chi connectivity index (χ1v) is 8.55. The van der Waals surface area contributed by atoms with Gasteiger partial charge >= 0.3 is 0 Å². The van der Waals surface area contributed by atoms with Gasteiger partial charge in [0.1, 0.15) is 12.4 Å². The highest BCUT2D eigenvalue weighted by atomic mass is 16.5. The van der Waals surface area contributed by atoms with Crippen molar-refractivity contribution < 1.29 is 13.9 Å². The highest BCUT2D eigenvalue weighted by Crippen LogP contribution is 2.09. The maximum Gasteiger partial charge on any atom is 0.224 e. The topological polar surface area (TPSA) is 64.4 Å². The van der Waals surface area contributed by atoms with E-state index < -0.39 is 0 Å². The molecule has 0 saturated carbocycles. The van der Waals surface area contributed by atoms with Gasteiger partial charge in [-0.25, -0.2) is 0 Å². The number of aromatic nitrogens is 1. The lowest BCUT2D eigenvalue weighted by atomic mass is 10.1. The fourth-order valence-corrected chi connectivity index (χ4v) is 2.55. The predicted molar refractivity (Wildman–Crippen MR) is 98.2 cm³/mol. The second-order valence-corrected chi connectivity index (χ2v) is 6.15. The number of rotatable bonds is 8. The van der Waals surface area contributed by atoms with Crippen LogP contribution in [0.1, 0.15) is 28.1 Å². The largest absolute Gasteiger partial charge is 0.467 e. The third kappa shape index (κ3) is 5.57. The van der Waals surface area contributed by atoms with Crippen molar-refractivity contribution in [2.24, 2.45) is 0 Å². The van der Waals surface area contributed by atoms with E-state index >= 15 is 0 Å². The van der Waals surface area contributed by atoms with Crippen LogP contribution in [0.3, 0.4) is 0 Å². The Hall–Kier alpha value is -2.92. The van der Waals surface area contributed by atoms with Gasteiger partial charge in [-0.15, -0.1) is 0 Å². The third-order valence-corrected chi connectivity index (χ3v) is 3.91. The van der Waals surface area contributed by atoms with Crippen LogP contribution >= 0.6 is 0 Å². The summed E-state index contributed by atoms with van der Waals surface area (Å²) in [5.74, 6) is 0.786. The van der Waals surface area contributed by atoms with Crippen molar-refractivity contribution in [2.45, 2.75) is 33.1 Å². The summed E-state index contributed by atoms with van der Waals surface area (Å²) < 4.78 is 10.9. The second-order valence-electron chi connectivity index (χ2n) is 6.15. The van der Waals surface area contributed by atoms with Gasteiger partial charge in [-0.1, -0.05) is 30.3 Å². The molecule has 0 spiro atoms. The molecule has 26 heavy (non-hydrogen) atoms. The van der Waals surface area contributed by atoms with Crippen LogP contribution in [0.2, 0.25) is 0 Å². The van der Waals surface area contributed by atoms with Gasteiger partial charge in [0.2, 0.25) is 5.91 Å². The number of hydrogen-bond donors (Lipinski definition) is 1. The minimum absolute atomic E-state index is 0.0184. The molecule has 1 N–H and O–H groups in total. The number of aryl methyl sites for hydroxylation is 1. The van der Waals surface area contributed by atoms with Gasteiger partial charge in [-0.2, -0.15) is 0 Å². The molecule has 3 aromatic rings. The zero-order valence-electron chi connectivity index (χ0n) is 14.8. The summed E-state index contributed by atoms with van der Waals surface area (Å²) in [6.07, 6.45) is 3.71. The predicted octanol–water partition coefficient (Wildman–Crippen LogP) is 3.56. The number of nitrogens with zero attached hydrogens (tertiary/aromatic N) is 1. The maximum atomic E-state index is 12.1. The zero-order chi connectivity index (χ0) is 18.2. The Morgan fingerprint density at radius 3 is 2.73 bits per heavy atom. The highest BCUT2D eigenvalue weighted by Gasteiger charge is 2.05. The fourth-order valence-electron chi connectivity index (χ4n) is 2.55. The van der Waals surface area contributed by atoms with Crippen molar-refractivity contribution in [3.63, 3.8) is 0 Å². The number of furan rings is 1. The summed E-state index contributed by atoms with van der Waals surface area (Å²) in [6, 6.07) is 15.6. The molecule has 0 aliphatic rings. The monoisotopic (exact) mass is 350 g/mol. The molecule has 0 radical (unpaired) electrons. The van der Waals surface area contributed by atoms with Gasteiger partial charge in [-0.3, -0.25) is 9.78 Å². The molecule has 2 heterocycles. The van der Waals surface area contributed by atoms with Crippen LogP contribution in [0.25, 0.3) is 0 Å². The van der Waals surface area contributed by atoms with Crippen molar-refractivity contribution in [3.8, 4) is 0 Å². The molecule has 3 rings (SSSR count). The highest BCUT2D eigenvalue weighted by molar-refractivity contribution is 5.78. The van der Waals surface area contributed by atoms with Crippen LogP contribution in [0.15, 0.2) is 65.4 Å². The molecule has 1 amide bonds. The number of benzene rings is 1. The van der Waals surface area contributed by atoms with E-state index in [-0.39, 0.29) is 5.91 Å². The molecule has 5 nitrogen and oxygen atoms in total. The minimum Gasteiger partial charge on any atom is -0.467 e. The second kappa shape index (κ2) is 8.97. The molecule has 5 heteroatoms. The van der Waals surface area contributed by atoms with E-state index in [1.54, 1.807) is 12.5 Å². The summed E-state index contributed by atoms with van der Waals surface area (Å²) in [5.41, 5.74) is 3.96. The van der Waals surface area contributed by atoms with Gasteiger partial charge < -0.3 is 14.5 Å². The number of amides is 1. The Morgan fingerprint density at radius 2 is 1.96 bits per heavy atom. The first kappa shape index (κ1) is 17.9. The van der Waals surface area contributed by atoms with Crippen LogP contribution in [-0.2, 0) is 35.7 Å². The van der Waals surface area contributed by atoms with E-state index in [0.29, 0.717) is 26.2 Å². The number of carbonyl (C=O) groups excluding carboxylic acids is 1. The van der Waals surface area contributed by atoms with Crippen molar-refractivity contribution >= 4 is 5.91 Å². The lowest BCUT2D eigenvalue weighted by Gasteiger charge is -2.08. The molecule has 0 aliphatic carbocycles. The quantitative estimate of drug-likeness (QED) is 0.675. The van der Waals surface area contributed by atoms with Gasteiger partial charge in [0.15, 0.2) is 0 Å². The van der Waals surface area contributed by atoms with Crippen LogP contribution in [0.4, 0.5) is 0 Å². The van der Waals surface area contributed by atoms with Crippen molar-refractivity contribution in [3.05, 3.63) is 89.1 Å². The molecule has 1 aromatic carbocycles. The van der Waals surface area contributed by atoms with E-state index in [1.165, 1.54) is 0 Å². The summed E-state index contributed by atoms with van der Waals surface area (Å²) in [7, 11) is 0. The first-order valence-electron chi connectivity index (χ1n) is 8.55. The Kier molecular flexibility index (Phi) is 6.17. The Balaban J connectivity index is 1.45. The lowest BCUT2D eigenvalue weighted by molar-refractivity contribution is -0.120. The van der Waals surface area contributed by atoms with Crippen molar-refractivity contribution in [1.82, 2.24) is 10.3 Å². The molecule has 0 bridgehead atoms. The van der Waals surface area contributed by atoms with E-state index in [0.717, 1.165) is 28.1 Å². The van der Waals surface area contributed by atoms with Gasteiger partial charge in [-0.05, 0) is 41.8 Å². The Bertz CT molecular complexity index is 827. The molecule has 2 aromatic heterocycles. The van der Waals surface area contributed by atoms with Gasteiger partial charge in [0.05, 0.1) is 19.3 Å². The van der Waals surface area contributed by atoms with Crippen LogP contribution in [0.5, 0.6) is 0 Å². The maximum absolute atomic E-state index is 12.1. The summed E-state index contributed by atoms with van der Waals surface area (Å²) in [6.45, 7) is 3.36. The molecular formula is C21H22N2O3. The molecule has 0 atom stereocenters. The fraction of sp³-hybridized carbons (Fsp3) is 0.238. The molecule has 0 aliphatic heterocycles. The molecular weight excluding hydrogens is 328 g/mol. The molecule has 134 valence electrons. The number of carbonyl (C=O) groups is 1. The number of ether oxygens (including phenoxy) is 1. The number of nitrogens with one attached hydrogen (secondary N) is 1. The minimum atomic E-state index is -0.0184. The van der Waals surface area contributed by atoms with Crippen LogP contribution in [-0.4, -0.2) is 10.9 Å². The molecule has 0 saturated heterocycles. The molecule has 0 fully saturated rings. The SMILES string of the molecule is Cc1ccc(CC(=O)NCc2cccc(COCc3ccco3)c2)cn1. The van der Waals surface area contributed by atoms with Gasteiger partial charge in [0.25, 0.3) is 0 Å². The van der Waals surface area contributed by atoms with E-state index in [1.807, 2.05) is 55.5 Å². The molecule has 0 unspecified atom stereocenters. The summed E-state index contributed by atoms with van der Waals surface area (Å²) in [5, 5.41) is 2.95. The lowest BCUT2D eigenvalue weighted by Crippen LogP contribution is -2.24. The standard InChI is InChI=1S/C21H22N2O3/c1-16-7-8-18(12-22-16)11-21(24)23-13-17-4-2-5-19(10-17)14-25-15-20-6-3-9-26-20/h2-10,12H,11,13-15H2,1H3,(H,23,24).